The van der Waals surface area contributed by atoms with Gasteiger partial charge in [0.2, 0.25) is 0 Å². The topological polar surface area (TPSA) is 102 Å². The first-order valence-electron chi connectivity index (χ1n) is 8.54. The summed E-state index contributed by atoms with van der Waals surface area (Å²) in [4.78, 5) is 10.8. The summed E-state index contributed by atoms with van der Waals surface area (Å²) in [6.45, 7) is 3.20. The van der Waals surface area contributed by atoms with Crippen LogP contribution in [-0.2, 0) is 0 Å². The molecular formula is C18H19N5O3. The van der Waals surface area contributed by atoms with Crippen molar-refractivity contribution in [1.29, 1.82) is 0 Å². The van der Waals surface area contributed by atoms with Gasteiger partial charge >= 0.3 is 5.97 Å². The van der Waals surface area contributed by atoms with E-state index in [9.17, 15) is 4.79 Å². The van der Waals surface area contributed by atoms with Gasteiger partial charge in [-0.15, -0.1) is 15.3 Å². The quantitative estimate of drug-likeness (QED) is 0.629. The Morgan fingerprint density at radius 1 is 1.27 bits per heavy atom. The lowest BCUT2D eigenvalue weighted by molar-refractivity contribution is 0.0697. The lowest BCUT2D eigenvalue weighted by atomic mass is 10.2. The molecule has 26 heavy (non-hydrogen) atoms. The number of carboxylic acids is 1. The van der Waals surface area contributed by atoms with E-state index in [0.29, 0.717) is 30.7 Å². The number of nitrogens with one attached hydrogen (secondary N) is 1. The van der Waals surface area contributed by atoms with E-state index in [2.05, 4.69) is 27.5 Å². The Bertz CT molecular complexity index is 938. The maximum absolute atomic E-state index is 10.8. The van der Waals surface area contributed by atoms with E-state index >= 15 is 0 Å². The molecule has 2 unspecified atom stereocenters. The molecule has 1 aromatic carbocycles. The number of carboxylic acid groups (broad SMARTS) is 1. The van der Waals surface area contributed by atoms with Gasteiger partial charge in [0.05, 0.1) is 12.1 Å². The van der Waals surface area contributed by atoms with Crippen molar-refractivity contribution >= 4 is 17.4 Å². The molecule has 0 bridgehead atoms. The zero-order valence-electron chi connectivity index (χ0n) is 14.3. The van der Waals surface area contributed by atoms with Crippen LogP contribution in [0.3, 0.4) is 0 Å². The molecule has 8 nitrogen and oxygen atoms in total. The Hall–Kier alpha value is -3.16. The molecule has 2 aromatic heterocycles. The third-order valence-corrected chi connectivity index (χ3v) is 4.51. The summed E-state index contributed by atoms with van der Waals surface area (Å²) in [5.41, 5.74) is 0.988. The number of fused-ring (bicyclic) bond motifs is 1. The van der Waals surface area contributed by atoms with Gasteiger partial charge < -0.3 is 15.2 Å². The highest BCUT2D eigenvalue weighted by Gasteiger charge is 2.38. The van der Waals surface area contributed by atoms with E-state index in [0.717, 1.165) is 23.7 Å². The molecule has 0 radical (unpaired) electrons. The molecule has 4 rings (SSSR count). The van der Waals surface area contributed by atoms with Gasteiger partial charge in [0.15, 0.2) is 11.5 Å². The zero-order valence-corrected chi connectivity index (χ0v) is 14.3. The Labute approximate surface area is 149 Å². The molecule has 0 amide bonds. The van der Waals surface area contributed by atoms with Gasteiger partial charge in [-0.05, 0) is 48.7 Å². The molecule has 1 saturated carbocycles. The Balaban J connectivity index is 1.33. The molecule has 2 atom stereocenters. The second-order valence-corrected chi connectivity index (χ2v) is 6.47. The van der Waals surface area contributed by atoms with E-state index < -0.39 is 5.97 Å². The molecule has 8 heteroatoms. The molecule has 0 spiro atoms. The van der Waals surface area contributed by atoms with Crippen molar-refractivity contribution in [2.24, 2.45) is 5.92 Å². The molecule has 0 aliphatic heterocycles. The number of hydrogen-bond acceptors (Lipinski definition) is 6. The first-order chi connectivity index (χ1) is 12.6. The van der Waals surface area contributed by atoms with E-state index in [4.69, 9.17) is 9.84 Å². The van der Waals surface area contributed by atoms with Crippen LogP contribution in [0.5, 0.6) is 5.75 Å². The minimum atomic E-state index is -0.950. The number of hydrogen-bond donors (Lipinski definition) is 2. The fraction of sp³-hybridized carbons (Fsp3) is 0.333. The van der Waals surface area contributed by atoms with Gasteiger partial charge in [0.1, 0.15) is 18.2 Å². The predicted octanol–water partition coefficient (Wildman–Crippen LogP) is 2.44. The Kier molecular flexibility index (Phi) is 4.16. The number of rotatable bonds is 7. The molecule has 2 N–H and O–H groups in total. The number of anilines is 1. The van der Waals surface area contributed by atoms with E-state index in [1.54, 1.807) is 12.1 Å². The number of aromatic carboxylic acids is 1. The SMILES string of the molecule is CC1CC1c1nnc2ccc(NCCOc3ccc(C(=O)O)cc3)nn12. The second-order valence-electron chi connectivity index (χ2n) is 6.47. The fourth-order valence-corrected chi connectivity index (χ4v) is 2.85. The van der Waals surface area contributed by atoms with E-state index in [1.807, 2.05) is 16.6 Å². The van der Waals surface area contributed by atoms with Gasteiger partial charge in [-0.3, -0.25) is 0 Å². The maximum Gasteiger partial charge on any atom is 0.335 e. The molecule has 3 aromatic rings. The summed E-state index contributed by atoms with van der Waals surface area (Å²) in [6.07, 6.45) is 1.13. The van der Waals surface area contributed by atoms with Crippen LogP contribution in [0.15, 0.2) is 36.4 Å². The zero-order chi connectivity index (χ0) is 18.1. The Morgan fingerprint density at radius 3 is 2.73 bits per heavy atom. The largest absolute Gasteiger partial charge is 0.492 e. The van der Waals surface area contributed by atoms with Crippen molar-refractivity contribution in [3.8, 4) is 5.75 Å². The average molecular weight is 353 g/mol. The van der Waals surface area contributed by atoms with E-state index in [1.165, 1.54) is 12.1 Å². The average Bonchev–Trinajstić information content (AvgIpc) is 3.22. The van der Waals surface area contributed by atoms with Crippen molar-refractivity contribution in [1.82, 2.24) is 19.8 Å². The van der Waals surface area contributed by atoms with Crippen molar-refractivity contribution in [3.63, 3.8) is 0 Å². The lowest BCUT2D eigenvalue weighted by Gasteiger charge is -2.08. The number of nitrogens with zero attached hydrogens (tertiary/aromatic N) is 4. The molecule has 0 saturated heterocycles. The highest BCUT2D eigenvalue weighted by molar-refractivity contribution is 5.87. The molecule has 1 aliphatic rings. The normalized spacial score (nSPS) is 18.7. The summed E-state index contributed by atoms with van der Waals surface area (Å²) >= 11 is 0. The van der Waals surface area contributed by atoms with Crippen molar-refractivity contribution in [2.45, 2.75) is 19.3 Å². The summed E-state index contributed by atoms with van der Waals surface area (Å²) in [5, 5.41) is 25.1. The summed E-state index contributed by atoms with van der Waals surface area (Å²) < 4.78 is 7.41. The highest BCUT2D eigenvalue weighted by atomic mass is 16.5. The molecule has 134 valence electrons. The van der Waals surface area contributed by atoms with Crippen LogP contribution in [0, 0.1) is 5.92 Å². The number of aromatic nitrogens is 4. The number of carbonyl (C=O) groups is 1. The van der Waals surface area contributed by atoms with Crippen molar-refractivity contribution in [3.05, 3.63) is 47.8 Å². The van der Waals surface area contributed by atoms with Crippen LogP contribution in [0.2, 0.25) is 0 Å². The first kappa shape index (κ1) is 16.3. The van der Waals surface area contributed by atoms with Gasteiger partial charge in [-0.1, -0.05) is 6.92 Å². The molecular weight excluding hydrogens is 334 g/mol. The van der Waals surface area contributed by atoms with Crippen LogP contribution in [-0.4, -0.2) is 44.0 Å². The first-order valence-corrected chi connectivity index (χ1v) is 8.54. The Morgan fingerprint density at radius 2 is 2.04 bits per heavy atom. The van der Waals surface area contributed by atoms with E-state index in [-0.39, 0.29) is 5.56 Å². The van der Waals surface area contributed by atoms with Gasteiger partial charge in [-0.25, -0.2) is 4.79 Å². The second kappa shape index (κ2) is 6.62. The molecule has 1 fully saturated rings. The third-order valence-electron chi connectivity index (χ3n) is 4.51. The smallest absolute Gasteiger partial charge is 0.335 e. The van der Waals surface area contributed by atoms with Crippen LogP contribution >= 0.6 is 0 Å². The minimum Gasteiger partial charge on any atom is -0.492 e. The monoisotopic (exact) mass is 353 g/mol. The van der Waals surface area contributed by atoms with Crippen molar-refractivity contribution < 1.29 is 14.6 Å². The molecule has 1 aliphatic carbocycles. The van der Waals surface area contributed by atoms with Crippen LogP contribution in [0.25, 0.3) is 5.65 Å². The summed E-state index contributed by atoms with van der Waals surface area (Å²) in [6, 6.07) is 10.1. The van der Waals surface area contributed by atoms with Gasteiger partial charge in [0.25, 0.3) is 0 Å². The summed E-state index contributed by atoms with van der Waals surface area (Å²) in [7, 11) is 0. The summed E-state index contributed by atoms with van der Waals surface area (Å²) in [5.74, 6) is 2.42. The third kappa shape index (κ3) is 3.30. The maximum atomic E-state index is 10.8. The number of ether oxygens (including phenoxy) is 1. The van der Waals surface area contributed by atoms with Crippen LogP contribution in [0.4, 0.5) is 5.82 Å². The standard InChI is InChI=1S/C18H19N5O3/c1-11-10-14(11)17-21-20-16-7-6-15(22-23(16)17)19-8-9-26-13-4-2-12(3-5-13)18(24)25/h2-7,11,14H,8-10H2,1H3,(H,19,22)(H,24,25). The number of benzene rings is 1. The van der Waals surface area contributed by atoms with Crippen LogP contribution < -0.4 is 10.1 Å². The minimum absolute atomic E-state index is 0.239. The fourth-order valence-electron chi connectivity index (χ4n) is 2.85. The lowest BCUT2D eigenvalue weighted by Crippen LogP contribution is -2.13. The van der Waals surface area contributed by atoms with Gasteiger partial charge in [-0.2, -0.15) is 4.52 Å². The van der Waals surface area contributed by atoms with Gasteiger partial charge in [0, 0.05) is 5.92 Å². The van der Waals surface area contributed by atoms with Crippen molar-refractivity contribution in [2.75, 3.05) is 18.5 Å². The molecule has 2 heterocycles. The highest BCUT2D eigenvalue weighted by Crippen LogP contribution is 2.45. The predicted molar refractivity (Wildman–Crippen MR) is 94.7 cm³/mol. The van der Waals surface area contributed by atoms with Crippen LogP contribution in [0.1, 0.15) is 35.4 Å².